The third-order valence-corrected chi connectivity index (χ3v) is 4.05. The molecule has 1 saturated carbocycles. The van der Waals surface area contributed by atoms with Gasteiger partial charge in [0.05, 0.1) is 0 Å². The van der Waals surface area contributed by atoms with Gasteiger partial charge < -0.3 is 4.90 Å². The molecule has 0 spiro atoms. The molecular weight excluding hydrogens is 178 g/mol. The van der Waals surface area contributed by atoms with E-state index in [4.69, 9.17) is 0 Å². The summed E-state index contributed by atoms with van der Waals surface area (Å²) >= 11 is 0. The van der Waals surface area contributed by atoms with E-state index in [-0.39, 0.29) is 23.8 Å². The van der Waals surface area contributed by atoms with Gasteiger partial charge in [-0.2, -0.15) is 0 Å². The number of carbonyl (C=O) groups excluding carboxylic acids is 2. The van der Waals surface area contributed by atoms with Crippen LogP contribution in [0.15, 0.2) is 0 Å². The highest BCUT2D eigenvalue weighted by Crippen LogP contribution is 2.42. The van der Waals surface area contributed by atoms with Crippen molar-refractivity contribution in [2.75, 3.05) is 6.54 Å². The van der Waals surface area contributed by atoms with Crippen LogP contribution < -0.4 is 0 Å². The van der Waals surface area contributed by atoms with Crippen molar-refractivity contribution in [2.45, 2.75) is 38.1 Å². The van der Waals surface area contributed by atoms with Gasteiger partial charge >= 0.3 is 0 Å². The molecule has 1 aliphatic carbocycles. The Kier molecular flexibility index (Phi) is 1.70. The van der Waals surface area contributed by atoms with E-state index < -0.39 is 0 Å². The van der Waals surface area contributed by atoms with Gasteiger partial charge in [-0.05, 0) is 25.7 Å². The fraction of sp³-hybridized carbons (Fsp3) is 0.818. The Morgan fingerprint density at radius 3 is 2.93 bits per heavy atom. The number of nitrogens with zero attached hydrogens (tertiary/aromatic N) is 1. The van der Waals surface area contributed by atoms with Crippen LogP contribution >= 0.6 is 0 Å². The molecule has 3 rings (SSSR count). The molecule has 3 heteroatoms. The van der Waals surface area contributed by atoms with Crippen molar-refractivity contribution in [3.05, 3.63) is 0 Å². The van der Waals surface area contributed by atoms with E-state index in [9.17, 15) is 9.59 Å². The van der Waals surface area contributed by atoms with E-state index in [1.807, 2.05) is 4.90 Å². The number of Topliss-reactive ketones (excluding diaryl/α,β-unsaturated/α-hetero) is 1. The molecule has 0 aromatic heterocycles. The highest BCUT2D eigenvalue weighted by Gasteiger charge is 2.50. The quantitative estimate of drug-likeness (QED) is 0.575. The summed E-state index contributed by atoms with van der Waals surface area (Å²) in [5.41, 5.74) is 0. The summed E-state index contributed by atoms with van der Waals surface area (Å²) in [7, 11) is 0. The minimum Gasteiger partial charge on any atom is -0.339 e. The Hall–Kier alpha value is -0.860. The minimum absolute atomic E-state index is 0.0434. The summed E-state index contributed by atoms with van der Waals surface area (Å²) in [6.07, 6.45) is 4.73. The van der Waals surface area contributed by atoms with Crippen LogP contribution in [-0.4, -0.2) is 29.2 Å². The first-order valence-corrected chi connectivity index (χ1v) is 5.60. The van der Waals surface area contributed by atoms with E-state index >= 15 is 0 Å². The van der Waals surface area contributed by atoms with Gasteiger partial charge in [-0.15, -0.1) is 0 Å². The van der Waals surface area contributed by atoms with E-state index in [0.717, 1.165) is 25.8 Å². The number of amides is 1. The topological polar surface area (TPSA) is 37.4 Å². The van der Waals surface area contributed by atoms with Crippen LogP contribution in [0.25, 0.3) is 0 Å². The Morgan fingerprint density at radius 1 is 1.21 bits per heavy atom. The highest BCUT2D eigenvalue weighted by molar-refractivity contribution is 5.95. The monoisotopic (exact) mass is 193 g/mol. The van der Waals surface area contributed by atoms with Crippen LogP contribution in [0.3, 0.4) is 0 Å². The molecule has 2 bridgehead atoms. The van der Waals surface area contributed by atoms with E-state index in [1.165, 1.54) is 6.42 Å². The van der Waals surface area contributed by atoms with Crippen LogP contribution in [0.2, 0.25) is 0 Å². The molecule has 1 amide bonds. The summed E-state index contributed by atoms with van der Waals surface area (Å²) < 4.78 is 0. The maximum Gasteiger partial charge on any atom is 0.226 e. The van der Waals surface area contributed by atoms with Crippen molar-refractivity contribution in [3.8, 4) is 0 Å². The molecule has 3 aliphatic rings. The molecule has 2 saturated heterocycles. The Morgan fingerprint density at radius 2 is 2.07 bits per heavy atom. The smallest absolute Gasteiger partial charge is 0.226 e. The minimum atomic E-state index is 0.0434. The van der Waals surface area contributed by atoms with Crippen molar-refractivity contribution >= 4 is 11.7 Å². The number of ketones is 1. The fourth-order valence-electron chi connectivity index (χ4n) is 3.36. The van der Waals surface area contributed by atoms with Gasteiger partial charge in [0.15, 0.2) is 0 Å². The first-order chi connectivity index (χ1) is 6.77. The first-order valence-electron chi connectivity index (χ1n) is 5.60. The molecule has 3 fully saturated rings. The molecule has 0 radical (unpaired) electrons. The molecule has 3 nitrogen and oxygen atoms in total. The Balaban J connectivity index is 1.95. The molecule has 0 N–H and O–H groups in total. The van der Waals surface area contributed by atoms with E-state index in [2.05, 4.69) is 0 Å². The second-order valence-electron chi connectivity index (χ2n) is 4.80. The van der Waals surface area contributed by atoms with Gasteiger partial charge in [-0.1, -0.05) is 0 Å². The molecular formula is C11H15NO2. The molecule has 0 aromatic rings. The number of piperidine rings is 2. The van der Waals surface area contributed by atoms with Crippen LogP contribution in [0, 0.1) is 11.8 Å². The first kappa shape index (κ1) is 8.45. The predicted octanol–water partition coefficient (Wildman–Crippen LogP) is 0.976. The lowest BCUT2D eigenvalue weighted by Gasteiger charge is -2.42. The van der Waals surface area contributed by atoms with Gasteiger partial charge in [0.1, 0.15) is 5.78 Å². The lowest BCUT2D eigenvalue weighted by molar-refractivity contribution is -0.143. The van der Waals surface area contributed by atoms with E-state index in [0.29, 0.717) is 12.2 Å². The van der Waals surface area contributed by atoms with Crippen LogP contribution in [0.5, 0.6) is 0 Å². The zero-order valence-electron chi connectivity index (χ0n) is 8.24. The molecule has 0 unspecified atom stereocenters. The summed E-state index contributed by atoms with van der Waals surface area (Å²) in [6.45, 7) is 0.893. The van der Waals surface area contributed by atoms with E-state index in [1.54, 1.807) is 0 Å². The molecule has 2 heterocycles. The van der Waals surface area contributed by atoms with Crippen molar-refractivity contribution in [1.82, 2.24) is 4.90 Å². The molecule has 0 aromatic carbocycles. The lowest BCUT2D eigenvalue weighted by Crippen LogP contribution is -2.52. The van der Waals surface area contributed by atoms with Crippen molar-refractivity contribution < 1.29 is 9.59 Å². The molecule has 14 heavy (non-hydrogen) atoms. The predicted molar refractivity (Wildman–Crippen MR) is 50.6 cm³/mol. The summed E-state index contributed by atoms with van der Waals surface area (Å²) in [6, 6.07) is 0.266. The average molecular weight is 193 g/mol. The number of hydrogen-bond donors (Lipinski definition) is 0. The number of rotatable bonds is 0. The largest absolute Gasteiger partial charge is 0.339 e. The Bertz CT molecular complexity index is 300. The van der Waals surface area contributed by atoms with Crippen molar-refractivity contribution in [1.29, 1.82) is 0 Å². The van der Waals surface area contributed by atoms with Crippen LogP contribution in [0.4, 0.5) is 0 Å². The molecule has 76 valence electrons. The second-order valence-corrected chi connectivity index (χ2v) is 4.80. The van der Waals surface area contributed by atoms with Gasteiger partial charge in [-0.25, -0.2) is 0 Å². The third-order valence-electron chi connectivity index (χ3n) is 4.05. The zero-order valence-corrected chi connectivity index (χ0v) is 8.24. The van der Waals surface area contributed by atoms with Gasteiger partial charge in [-0.3, -0.25) is 9.59 Å². The maximum absolute atomic E-state index is 11.9. The third kappa shape index (κ3) is 0.983. The fourth-order valence-corrected chi connectivity index (χ4v) is 3.36. The van der Waals surface area contributed by atoms with Crippen molar-refractivity contribution in [2.24, 2.45) is 11.8 Å². The van der Waals surface area contributed by atoms with Crippen LogP contribution in [-0.2, 0) is 9.59 Å². The summed E-state index contributed by atoms with van der Waals surface area (Å²) in [4.78, 5) is 25.6. The van der Waals surface area contributed by atoms with Crippen LogP contribution in [0.1, 0.15) is 32.1 Å². The molecule has 2 aliphatic heterocycles. The SMILES string of the molecule is O=C1C[C@H]2C[C@@H]1[C@@H]1CCCCN1C2=O. The number of hydrogen-bond acceptors (Lipinski definition) is 2. The standard InChI is InChI=1S/C11H15NO2/c13-10-6-7-5-8(10)9-3-1-2-4-12(9)11(7)14/h7-9H,1-6H2/t7-,8-,9+/m1/s1. The maximum atomic E-state index is 11.9. The normalized spacial score (nSPS) is 41.4. The highest BCUT2D eigenvalue weighted by atomic mass is 16.2. The van der Waals surface area contributed by atoms with Crippen molar-refractivity contribution in [3.63, 3.8) is 0 Å². The number of carbonyl (C=O) groups is 2. The molecule has 3 atom stereocenters. The van der Waals surface area contributed by atoms with Gasteiger partial charge in [0.25, 0.3) is 0 Å². The van der Waals surface area contributed by atoms with Gasteiger partial charge in [0.2, 0.25) is 5.91 Å². The zero-order chi connectivity index (χ0) is 9.71. The Labute approximate surface area is 83.5 Å². The lowest BCUT2D eigenvalue weighted by atomic mass is 9.84. The summed E-state index contributed by atoms with van der Waals surface area (Å²) in [5, 5.41) is 0. The summed E-state index contributed by atoms with van der Waals surface area (Å²) in [5.74, 6) is 0.842. The number of fused-ring (bicyclic) bond motifs is 4. The second kappa shape index (κ2) is 2.81. The average Bonchev–Trinajstić information content (AvgIpc) is 2.55. The van der Waals surface area contributed by atoms with Gasteiger partial charge in [0, 0.05) is 30.8 Å².